The number of nitro groups is 1. The summed E-state index contributed by atoms with van der Waals surface area (Å²) in [5, 5.41) is 19.2. The molecule has 0 bridgehead atoms. The Hall–Kier alpha value is -2.68. The molecule has 0 unspecified atom stereocenters. The molecule has 0 aliphatic carbocycles. The molecule has 0 spiro atoms. The van der Waals surface area contributed by atoms with E-state index in [2.05, 4.69) is 15.6 Å². The van der Waals surface area contributed by atoms with E-state index in [1.807, 2.05) is 5.38 Å². The lowest BCUT2D eigenvalue weighted by atomic mass is 10.2. The number of aromatic nitrogens is 1. The molecule has 1 heterocycles. The Kier molecular flexibility index (Phi) is 5.26. The summed E-state index contributed by atoms with van der Waals surface area (Å²) >= 11 is 1.49. The van der Waals surface area contributed by atoms with Gasteiger partial charge in [-0.05, 0) is 19.1 Å². The Morgan fingerprint density at radius 3 is 2.95 bits per heavy atom. The molecule has 116 valence electrons. The van der Waals surface area contributed by atoms with Gasteiger partial charge in [-0.1, -0.05) is 0 Å². The molecular weight excluding hydrogens is 308 g/mol. The van der Waals surface area contributed by atoms with Gasteiger partial charge in [-0.15, -0.1) is 11.3 Å². The first-order chi connectivity index (χ1) is 10.6. The van der Waals surface area contributed by atoms with E-state index in [1.54, 1.807) is 19.2 Å². The van der Waals surface area contributed by atoms with Gasteiger partial charge in [0.2, 0.25) is 0 Å². The van der Waals surface area contributed by atoms with E-state index in [1.165, 1.54) is 23.5 Å². The fourth-order valence-electron chi connectivity index (χ4n) is 1.69. The Morgan fingerprint density at radius 2 is 2.32 bits per heavy atom. The van der Waals surface area contributed by atoms with Crippen LogP contribution < -0.4 is 10.6 Å². The van der Waals surface area contributed by atoms with Crippen LogP contribution in [0.25, 0.3) is 0 Å². The topological polar surface area (TPSA) is 106 Å². The Labute approximate surface area is 130 Å². The number of nitrogens with one attached hydrogen (secondary N) is 2. The summed E-state index contributed by atoms with van der Waals surface area (Å²) in [6, 6.07) is 4.45. The number of carbonyl (C=O) groups is 1. The second-order valence-electron chi connectivity index (χ2n) is 4.11. The van der Waals surface area contributed by atoms with Crippen molar-refractivity contribution in [2.45, 2.75) is 13.5 Å². The van der Waals surface area contributed by atoms with Crippen LogP contribution >= 0.6 is 11.3 Å². The first-order valence-electron chi connectivity index (χ1n) is 6.44. The molecule has 1 amide bonds. The molecule has 0 saturated heterocycles. The van der Waals surface area contributed by atoms with E-state index in [0.717, 1.165) is 5.01 Å². The molecule has 0 atom stereocenters. The van der Waals surface area contributed by atoms with E-state index < -0.39 is 11.0 Å². The lowest BCUT2D eigenvalue weighted by Gasteiger charge is -2.08. The van der Waals surface area contributed by atoms with Crippen LogP contribution in [0.2, 0.25) is 0 Å². The number of amides is 1. The second-order valence-corrected chi connectivity index (χ2v) is 5.09. The Balaban J connectivity index is 2.12. The van der Waals surface area contributed by atoms with Crippen LogP contribution in [-0.4, -0.2) is 22.6 Å². The van der Waals surface area contributed by atoms with Crippen molar-refractivity contribution in [1.29, 1.82) is 0 Å². The number of benzene rings is 1. The molecule has 22 heavy (non-hydrogen) atoms. The third kappa shape index (κ3) is 4.16. The number of thiazole rings is 1. The quantitative estimate of drug-likeness (QED) is 0.624. The first kappa shape index (κ1) is 15.7. The monoisotopic (exact) mass is 322 g/mol. The third-order valence-corrected chi connectivity index (χ3v) is 3.41. The van der Waals surface area contributed by atoms with E-state index in [4.69, 9.17) is 4.74 Å². The molecule has 0 aliphatic rings. The van der Waals surface area contributed by atoms with E-state index in [9.17, 15) is 14.9 Å². The van der Waals surface area contributed by atoms with Crippen molar-refractivity contribution in [3.8, 4) is 0 Å². The molecule has 0 saturated carbocycles. The second kappa shape index (κ2) is 7.36. The Bertz CT molecular complexity index is 660. The predicted molar refractivity (Wildman–Crippen MR) is 83.2 cm³/mol. The van der Waals surface area contributed by atoms with Gasteiger partial charge >= 0.3 is 6.09 Å². The minimum atomic E-state index is -0.728. The smallest absolute Gasteiger partial charge is 0.411 e. The molecule has 8 nitrogen and oxygen atoms in total. The molecule has 9 heteroatoms. The van der Waals surface area contributed by atoms with Crippen LogP contribution in [0.5, 0.6) is 0 Å². The summed E-state index contributed by atoms with van der Waals surface area (Å²) in [5.74, 6) is 0. The third-order valence-electron chi connectivity index (χ3n) is 2.63. The normalized spacial score (nSPS) is 10.0. The van der Waals surface area contributed by atoms with Gasteiger partial charge in [0.05, 0.1) is 18.1 Å². The molecule has 0 aliphatic heterocycles. The van der Waals surface area contributed by atoms with E-state index in [0.29, 0.717) is 12.2 Å². The van der Waals surface area contributed by atoms with Crippen molar-refractivity contribution in [2.75, 3.05) is 17.2 Å². The standard InChI is InChI=1S/C13H14N4O4S/c1-2-21-13(18)16-10-4-3-9(7-11(10)17(19)20)15-8-12-14-5-6-22-12/h3-7,15H,2,8H2,1H3,(H,16,18). The molecule has 2 aromatic rings. The highest BCUT2D eigenvalue weighted by Crippen LogP contribution is 2.28. The molecule has 2 rings (SSSR count). The first-order valence-corrected chi connectivity index (χ1v) is 7.32. The van der Waals surface area contributed by atoms with Crippen molar-refractivity contribution in [2.24, 2.45) is 0 Å². The molecular formula is C13H14N4O4S. The average Bonchev–Trinajstić information content (AvgIpc) is 2.99. The van der Waals surface area contributed by atoms with Gasteiger partial charge in [-0.25, -0.2) is 9.78 Å². The van der Waals surface area contributed by atoms with Gasteiger partial charge in [-0.2, -0.15) is 0 Å². The summed E-state index contributed by atoms with van der Waals surface area (Å²) < 4.78 is 4.71. The number of hydrogen-bond donors (Lipinski definition) is 2. The van der Waals surface area contributed by atoms with Crippen molar-refractivity contribution >= 4 is 34.5 Å². The number of anilines is 2. The number of nitro benzene ring substituents is 1. The zero-order valence-electron chi connectivity index (χ0n) is 11.7. The van der Waals surface area contributed by atoms with Gasteiger partial charge < -0.3 is 10.1 Å². The van der Waals surface area contributed by atoms with Crippen LogP contribution in [0.4, 0.5) is 21.9 Å². The fraction of sp³-hybridized carbons (Fsp3) is 0.231. The van der Waals surface area contributed by atoms with Crippen molar-refractivity contribution in [3.63, 3.8) is 0 Å². The highest BCUT2D eigenvalue weighted by Gasteiger charge is 2.17. The maximum absolute atomic E-state index is 11.4. The summed E-state index contributed by atoms with van der Waals surface area (Å²) in [6.07, 6.45) is 0.963. The predicted octanol–water partition coefficient (Wildman–Crippen LogP) is 3.23. The molecule has 0 radical (unpaired) electrons. The average molecular weight is 322 g/mol. The molecule has 2 N–H and O–H groups in total. The lowest BCUT2D eigenvalue weighted by molar-refractivity contribution is -0.383. The van der Waals surface area contributed by atoms with E-state index in [-0.39, 0.29) is 18.0 Å². The number of ether oxygens (including phenoxy) is 1. The van der Waals surface area contributed by atoms with Crippen molar-refractivity contribution in [1.82, 2.24) is 4.98 Å². The highest BCUT2D eigenvalue weighted by atomic mass is 32.1. The van der Waals surface area contributed by atoms with Crippen LogP contribution in [0, 0.1) is 10.1 Å². The summed E-state index contributed by atoms with van der Waals surface area (Å²) in [5.41, 5.74) is 0.441. The van der Waals surface area contributed by atoms with Crippen molar-refractivity contribution in [3.05, 3.63) is 44.9 Å². The largest absolute Gasteiger partial charge is 0.450 e. The van der Waals surface area contributed by atoms with Crippen molar-refractivity contribution < 1.29 is 14.5 Å². The van der Waals surface area contributed by atoms with Gasteiger partial charge in [0.1, 0.15) is 10.7 Å². The fourth-order valence-corrected chi connectivity index (χ4v) is 2.25. The Morgan fingerprint density at radius 1 is 1.50 bits per heavy atom. The number of hydrogen-bond acceptors (Lipinski definition) is 7. The van der Waals surface area contributed by atoms with Crippen LogP contribution in [0.3, 0.4) is 0 Å². The van der Waals surface area contributed by atoms with Crippen LogP contribution in [0.15, 0.2) is 29.8 Å². The molecule has 1 aromatic heterocycles. The zero-order chi connectivity index (χ0) is 15.9. The number of nitrogens with zero attached hydrogens (tertiary/aromatic N) is 2. The number of carbonyl (C=O) groups excluding carboxylic acids is 1. The highest BCUT2D eigenvalue weighted by molar-refractivity contribution is 7.09. The minimum absolute atomic E-state index is 0.0863. The van der Waals surface area contributed by atoms with Gasteiger partial charge in [0, 0.05) is 23.3 Å². The maximum atomic E-state index is 11.4. The lowest BCUT2D eigenvalue weighted by Crippen LogP contribution is -2.14. The van der Waals surface area contributed by atoms with Crippen LogP contribution in [0.1, 0.15) is 11.9 Å². The molecule has 0 fully saturated rings. The minimum Gasteiger partial charge on any atom is -0.450 e. The molecule has 1 aromatic carbocycles. The number of rotatable bonds is 6. The van der Waals surface area contributed by atoms with Gasteiger partial charge in [-0.3, -0.25) is 15.4 Å². The van der Waals surface area contributed by atoms with E-state index >= 15 is 0 Å². The van der Waals surface area contributed by atoms with Gasteiger partial charge in [0.25, 0.3) is 5.69 Å². The van der Waals surface area contributed by atoms with Crippen LogP contribution in [-0.2, 0) is 11.3 Å². The summed E-state index contributed by atoms with van der Waals surface area (Å²) in [6.45, 7) is 2.31. The zero-order valence-corrected chi connectivity index (χ0v) is 12.6. The van der Waals surface area contributed by atoms with Gasteiger partial charge in [0.15, 0.2) is 0 Å². The maximum Gasteiger partial charge on any atom is 0.411 e. The summed E-state index contributed by atoms with van der Waals surface area (Å²) in [4.78, 5) is 26.1. The SMILES string of the molecule is CCOC(=O)Nc1ccc(NCc2nccs2)cc1[N+](=O)[O-]. The summed E-state index contributed by atoms with van der Waals surface area (Å²) in [7, 11) is 0.